The summed E-state index contributed by atoms with van der Waals surface area (Å²) >= 11 is 0. The van der Waals surface area contributed by atoms with Crippen LogP contribution < -0.4 is 5.73 Å². The Morgan fingerprint density at radius 2 is 2.00 bits per heavy atom. The van der Waals surface area contributed by atoms with E-state index in [0.717, 1.165) is 54.4 Å². The predicted octanol–water partition coefficient (Wildman–Crippen LogP) is 3.04. The second kappa shape index (κ2) is 6.33. The minimum Gasteiger partial charge on any atom is -0.383 e. The molecule has 21 heavy (non-hydrogen) atoms. The minimum absolute atomic E-state index is 0.546. The smallest absolute Gasteiger partial charge is 0.131 e. The molecule has 2 heterocycles. The number of hydrogen-bond acceptors (Lipinski definition) is 3. The molecule has 0 saturated heterocycles. The van der Waals surface area contributed by atoms with Crippen LogP contribution in [0, 0.1) is 5.92 Å². The zero-order valence-electron chi connectivity index (χ0n) is 13.8. The van der Waals surface area contributed by atoms with Gasteiger partial charge in [0, 0.05) is 31.8 Å². The molecule has 0 aliphatic carbocycles. The third-order valence-electron chi connectivity index (χ3n) is 3.60. The summed E-state index contributed by atoms with van der Waals surface area (Å²) in [5, 5.41) is 4.50. The summed E-state index contributed by atoms with van der Waals surface area (Å²) < 4.78 is 4.02. The van der Waals surface area contributed by atoms with E-state index >= 15 is 0 Å². The van der Waals surface area contributed by atoms with Crippen LogP contribution in [0.25, 0.3) is 11.3 Å². The fourth-order valence-corrected chi connectivity index (χ4v) is 2.69. The van der Waals surface area contributed by atoms with E-state index in [1.807, 2.05) is 17.9 Å². The molecule has 2 N–H and O–H groups in total. The Balaban J connectivity index is 2.53. The lowest BCUT2D eigenvalue weighted by Gasteiger charge is -2.11. The molecule has 0 aliphatic heterocycles. The number of nitrogens with two attached hydrogens (primary N) is 1. The van der Waals surface area contributed by atoms with Crippen molar-refractivity contribution in [3.63, 3.8) is 0 Å². The molecule has 116 valence electrons. The highest BCUT2D eigenvalue weighted by Gasteiger charge is 2.20. The lowest BCUT2D eigenvalue weighted by molar-refractivity contribution is 0.510. The van der Waals surface area contributed by atoms with Crippen LogP contribution in [0.5, 0.6) is 0 Å². The van der Waals surface area contributed by atoms with Crippen molar-refractivity contribution in [3.05, 3.63) is 17.7 Å². The molecule has 0 unspecified atom stereocenters. The Morgan fingerprint density at radius 3 is 2.57 bits per heavy atom. The lowest BCUT2D eigenvalue weighted by atomic mass is 10.1. The molecule has 0 aliphatic rings. The van der Waals surface area contributed by atoms with Gasteiger partial charge in [0.05, 0.1) is 5.69 Å². The van der Waals surface area contributed by atoms with Gasteiger partial charge in [-0.2, -0.15) is 5.10 Å². The van der Waals surface area contributed by atoms with Crippen molar-refractivity contribution in [1.82, 2.24) is 19.3 Å². The number of aryl methyl sites for hydroxylation is 3. The average molecular weight is 289 g/mol. The van der Waals surface area contributed by atoms with Crippen molar-refractivity contribution < 1.29 is 0 Å². The van der Waals surface area contributed by atoms with Crippen LogP contribution in [0.2, 0.25) is 0 Å². The predicted molar refractivity (Wildman–Crippen MR) is 87.1 cm³/mol. The molecule has 2 rings (SSSR count). The van der Waals surface area contributed by atoms with Crippen LogP contribution in [0.3, 0.4) is 0 Å². The van der Waals surface area contributed by atoms with Crippen molar-refractivity contribution in [2.45, 2.75) is 53.5 Å². The summed E-state index contributed by atoms with van der Waals surface area (Å²) in [7, 11) is 1.94. The highest BCUT2D eigenvalue weighted by atomic mass is 15.3. The van der Waals surface area contributed by atoms with Crippen molar-refractivity contribution >= 4 is 5.82 Å². The molecule has 0 aromatic carbocycles. The lowest BCUT2D eigenvalue weighted by Crippen LogP contribution is -2.11. The Labute approximate surface area is 127 Å². The quantitative estimate of drug-likeness (QED) is 0.889. The zero-order chi connectivity index (χ0) is 15.6. The van der Waals surface area contributed by atoms with Gasteiger partial charge in [-0.1, -0.05) is 27.7 Å². The first kappa shape index (κ1) is 15.6. The molecule has 0 saturated carbocycles. The van der Waals surface area contributed by atoms with E-state index in [4.69, 9.17) is 10.7 Å². The molecular weight excluding hydrogens is 262 g/mol. The van der Waals surface area contributed by atoms with E-state index in [9.17, 15) is 0 Å². The molecule has 5 nitrogen and oxygen atoms in total. The number of hydrogen-bond donors (Lipinski definition) is 1. The number of aromatic nitrogens is 4. The van der Waals surface area contributed by atoms with Gasteiger partial charge < -0.3 is 10.3 Å². The second-order valence-electron chi connectivity index (χ2n) is 6.03. The normalized spacial score (nSPS) is 11.5. The Bertz CT molecular complexity index is 606. The van der Waals surface area contributed by atoms with Crippen LogP contribution in [0.1, 0.15) is 45.6 Å². The van der Waals surface area contributed by atoms with Gasteiger partial charge in [0.1, 0.15) is 17.3 Å². The summed E-state index contributed by atoms with van der Waals surface area (Å²) in [6.07, 6.45) is 4.93. The molecule has 0 spiro atoms. The van der Waals surface area contributed by atoms with E-state index in [1.54, 1.807) is 0 Å². The van der Waals surface area contributed by atoms with Crippen LogP contribution in [-0.2, 0) is 26.4 Å². The summed E-state index contributed by atoms with van der Waals surface area (Å²) in [4.78, 5) is 4.83. The van der Waals surface area contributed by atoms with E-state index in [-0.39, 0.29) is 0 Å². The Kier molecular flexibility index (Phi) is 4.70. The molecule has 5 heteroatoms. The molecule has 2 aromatic heterocycles. The number of rotatable bonds is 6. The van der Waals surface area contributed by atoms with E-state index in [2.05, 4.69) is 37.4 Å². The van der Waals surface area contributed by atoms with Gasteiger partial charge >= 0.3 is 0 Å². The fraction of sp³-hybridized carbons (Fsp3) is 0.625. The summed E-state index contributed by atoms with van der Waals surface area (Å²) in [6.45, 7) is 9.61. The Hall–Kier alpha value is -1.78. The van der Waals surface area contributed by atoms with E-state index < -0.39 is 0 Å². The van der Waals surface area contributed by atoms with Gasteiger partial charge in [0.15, 0.2) is 0 Å². The molecule has 2 aromatic rings. The first-order chi connectivity index (χ1) is 9.97. The molecule has 0 bridgehead atoms. The molecular formula is C16H27N5. The van der Waals surface area contributed by atoms with Gasteiger partial charge in [0.25, 0.3) is 0 Å². The fourth-order valence-electron chi connectivity index (χ4n) is 2.69. The maximum absolute atomic E-state index is 6.41. The number of nitrogens with zero attached hydrogens (tertiary/aromatic N) is 4. The van der Waals surface area contributed by atoms with Gasteiger partial charge in [-0.3, -0.25) is 4.68 Å². The monoisotopic (exact) mass is 289 g/mol. The van der Waals surface area contributed by atoms with Gasteiger partial charge in [-0.25, -0.2) is 4.98 Å². The molecule has 0 atom stereocenters. The largest absolute Gasteiger partial charge is 0.383 e. The average Bonchev–Trinajstić information content (AvgIpc) is 2.93. The van der Waals surface area contributed by atoms with Crippen LogP contribution >= 0.6 is 0 Å². The van der Waals surface area contributed by atoms with Gasteiger partial charge in [-0.15, -0.1) is 0 Å². The summed E-state index contributed by atoms with van der Waals surface area (Å²) in [5.74, 6) is 2.41. The van der Waals surface area contributed by atoms with Crippen molar-refractivity contribution in [3.8, 4) is 11.3 Å². The van der Waals surface area contributed by atoms with Crippen molar-refractivity contribution in [2.75, 3.05) is 5.73 Å². The number of nitrogen functional groups attached to an aromatic ring is 1. The maximum Gasteiger partial charge on any atom is 0.131 e. The maximum atomic E-state index is 6.41. The zero-order valence-corrected chi connectivity index (χ0v) is 13.8. The molecule has 0 radical (unpaired) electrons. The standard InChI is InChI=1S/C16H27N5/c1-6-8-14-18-15(16(17)21(14)9-11(3)4)12-10-20(5)19-13(12)7-2/h10-11H,6-9,17H2,1-5H3. The van der Waals surface area contributed by atoms with E-state index in [1.165, 1.54) is 0 Å². The first-order valence-corrected chi connectivity index (χ1v) is 7.85. The summed E-state index contributed by atoms with van der Waals surface area (Å²) in [6, 6.07) is 0. The third kappa shape index (κ3) is 3.12. The highest BCUT2D eigenvalue weighted by Crippen LogP contribution is 2.30. The highest BCUT2D eigenvalue weighted by molar-refractivity contribution is 5.72. The van der Waals surface area contributed by atoms with Crippen molar-refractivity contribution in [1.29, 1.82) is 0 Å². The molecule has 0 amide bonds. The van der Waals surface area contributed by atoms with Crippen LogP contribution in [0.4, 0.5) is 5.82 Å². The second-order valence-corrected chi connectivity index (χ2v) is 6.03. The Morgan fingerprint density at radius 1 is 1.29 bits per heavy atom. The van der Waals surface area contributed by atoms with Crippen molar-refractivity contribution in [2.24, 2.45) is 13.0 Å². The third-order valence-corrected chi connectivity index (χ3v) is 3.60. The van der Waals surface area contributed by atoms with E-state index in [0.29, 0.717) is 5.92 Å². The SMILES string of the molecule is CCCc1nc(-c2cn(C)nc2CC)c(N)n1CC(C)C. The first-order valence-electron chi connectivity index (χ1n) is 7.85. The molecule has 0 fully saturated rings. The topological polar surface area (TPSA) is 61.7 Å². The minimum atomic E-state index is 0.546. The van der Waals surface area contributed by atoms with Crippen LogP contribution in [0.15, 0.2) is 6.20 Å². The number of anilines is 1. The van der Waals surface area contributed by atoms with Gasteiger partial charge in [0.2, 0.25) is 0 Å². The number of imidazole rings is 1. The summed E-state index contributed by atoms with van der Waals surface area (Å²) in [5.41, 5.74) is 9.43. The van der Waals surface area contributed by atoms with Crippen LogP contribution in [-0.4, -0.2) is 19.3 Å². The van der Waals surface area contributed by atoms with Gasteiger partial charge in [-0.05, 0) is 18.8 Å².